The number of hydrogen-bond donors (Lipinski definition) is 2. The zero-order valence-corrected chi connectivity index (χ0v) is 10.5. The third kappa shape index (κ3) is 3.37. The molecule has 0 fully saturated rings. The molecule has 1 aliphatic rings. The van der Waals surface area contributed by atoms with Crippen molar-refractivity contribution in [1.29, 1.82) is 0 Å². The third-order valence-electron chi connectivity index (χ3n) is 2.82. The molecule has 0 bridgehead atoms. The Hall–Kier alpha value is -2.24. The maximum atomic E-state index is 11.2. The van der Waals surface area contributed by atoms with Crippen LogP contribution in [0.4, 0.5) is 0 Å². The maximum Gasteiger partial charge on any atom is 0.303 e. The number of carbonyl (C=O) groups is 2. The second-order valence-corrected chi connectivity index (χ2v) is 4.30. The Morgan fingerprint density at radius 1 is 1.37 bits per heavy atom. The van der Waals surface area contributed by atoms with Crippen molar-refractivity contribution in [2.45, 2.75) is 25.8 Å². The smallest absolute Gasteiger partial charge is 0.303 e. The van der Waals surface area contributed by atoms with Gasteiger partial charge in [-0.3, -0.25) is 9.59 Å². The molecule has 0 aromatic heterocycles. The highest BCUT2D eigenvalue weighted by atomic mass is 16.7. The summed E-state index contributed by atoms with van der Waals surface area (Å²) in [5.41, 5.74) is 0.806. The summed E-state index contributed by atoms with van der Waals surface area (Å²) in [7, 11) is 0. The minimum absolute atomic E-state index is 0.0145. The van der Waals surface area contributed by atoms with Gasteiger partial charge in [0.25, 0.3) is 0 Å². The molecule has 2 rings (SSSR count). The Balaban J connectivity index is 2.16. The average molecular weight is 265 g/mol. The number of aliphatic carboxylic acids is 1. The molecule has 102 valence electrons. The lowest BCUT2D eigenvalue weighted by atomic mass is 10.0. The molecular weight excluding hydrogens is 250 g/mol. The SMILES string of the molecule is CC(=O)NC(CCC(=O)O)c1ccc2c(c1)OCO2. The van der Waals surface area contributed by atoms with Crippen molar-refractivity contribution in [1.82, 2.24) is 5.32 Å². The fourth-order valence-electron chi connectivity index (χ4n) is 1.97. The first-order chi connectivity index (χ1) is 9.06. The quantitative estimate of drug-likeness (QED) is 0.841. The van der Waals surface area contributed by atoms with Gasteiger partial charge in [0.15, 0.2) is 11.5 Å². The van der Waals surface area contributed by atoms with Crippen LogP contribution >= 0.6 is 0 Å². The summed E-state index contributed by atoms with van der Waals surface area (Å²) in [5, 5.41) is 11.5. The average Bonchev–Trinajstić information content (AvgIpc) is 2.80. The number of nitrogens with one attached hydrogen (secondary N) is 1. The fourth-order valence-corrected chi connectivity index (χ4v) is 1.97. The molecule has 1 aromatic rings. The standard InChI is InChI=1S/C13H15NO5/c1-8(15)14-10(3-5-13(16)17)9-2-4-11-12(6-9)19-7-18-11/h2,4,6,10H,3,5,7H2,1H3,(H,14,15)(H,16,17). The minimum atomic E-state index is -0.893. The molecule has 0 saturated carbocycles. The van der Waals surface area contributed by atoms with Gasteiger partial charge in [0.2, 0.25) is 12.7 Å². The van der Waals surface area contributed by atoms with Gasteiger partial charge in [-0.25, -0.2) is 0 Å². The molecular formula is C13H15NO5. The monoisotopic (exact) mass is 265 g/mol. The van der Waals surface area contributed by atoms with Gasteiger partial charge < -0.3 is 19.9 Å². The van der Waals surface area contributed by atoms with Crippen molar-refractivity contribution in [3.05, 3.63) is 23.8 Å². The highest BCUT2D eigenvalue weighted by molar-refractivity contribution is 5.73. The fraction of sp³-hybridized carbons (Fsp3) is 0.385. The van der Waals surface area contributed by atoms with Crippen LogP contribution in [0.25, 0.3) is 0 Å². The van der Waals surface area contributed by atoms with Gasteiger partial charge in [0, 0.05) is 13.3 Å². The lowest BCUT2D eigenvalue weighted by Crippen LogP contribution is -2.26. The van der Waals surface area contributed by atoms with E-state index in [4.69, 9.17) is 14.6 Å². The van der Waals surface area contributed by atoms with Crippen molar-refractivity contribution in [2.24, 2.45) is 0 Å². The Kier molecular flexibility index (Phi) is 3.89. The molecule has 6 heteroatoms. The van der Waals surface area contributed by atoms with Crippen molar-refractivity contribution in [3.8, 4) is 11.5 Å². The van der Waals surface area contributed by atoms with Gasteiger partial charge in [-0.15, -0.1) is 0 Å². The van der Waals surface area contributed by atoms with E-state index >= 15 is 0 Å². The number of benzene rings is 1. The Morgan fingerprint density at radius 2 is 2.11 bits per heavy atom. The predicted octanol–water partition coefficient (Wildman–Crippen LogP) is 1.46. The molecule has 1 heterocycles. The van der Waals surface area contributed by atoms with E-state index in [1.807, 2.05) is 0 Å². The summed E-state index contributed by atoms with van der Waals surface area (Å²) in [6.07, 6.45) is 0.313. The number of amides is 1. The zero-order chi connectivity index (χ0) is 13.8. The highest BCUT2D eigenvalue weighted by Crippen LogP contribution is 2.35. The van der Waals surface area contributed by atoms with Crippen LogP contribution in [-0.2, 0) is 9.59 Å². The molecule has 0 aliphatic carbocycles. The number of carbonyl (C=O) groups excluding carboxylic acids is 1. The molecule has 2 N–H and O–H groups in total. The van der Waals surface area contributed by atoms with Crippen molar-refractivity contribution in [2.75, 3.05) is 6.79 Å². The van der Waals surface area contributed by atoms with E-state index in [2.05, 4.69) is 5.32 Å². The molecule has 1 amide bonds. The topological polar surface area (TPSA) is 84.9 Å². The van der Waals surface area contributed by atoms with Crippen molar-refractivity contribution >= 4 is 11.9 Å². The van der Waals surface area contributed by atoms with Crippen LogP contribution in [0.5, 0.6) is 11.5 Å². The van der Waals surface area contributed by atoms with E-state index in [-0.39, 0.29) is 25.2 Å². The first-order valence-corrected chi connectivity index (χ1v) is 5.94. The van der Waals surface area contributed by atoms with Crippen molar-refractivity contribution < 1.29 is 24.2 Å². The summed E-state index contributed by atoms with van der Waals surface area (Å²) < 4.78 is 10.5. The number of hydrogen-bond acceptors (Lipinski definition) is 4. The van der Waals surface area contributed by atoms with E-state index in [1.165, 1.54) is 6.92 Å². The largest absolute Gasteiger partial charge is 0.481 e. The lowest BCUT2D eigenvalue weighted by molar-refractivity contribution is -0.137. The Morgan fingerprint density at radius 3 is 2.79 bits per heavy atom. The number of carboxylic acids is 1. The second kappa shape index (κ2) is 5.60. The van der Waals surface area contributed by atoms with Crippen molar-refractivity contribution in [3.63, 3.8) is 0 Å². The molecule has 19 heavy (non-hydrogen) atoms. The maximum absolute atomic E-state index is 11.2. The molecule has 1 aliphatic heterocycles. The number of rotatable bonds is 5. The van der Waals surface area contributed by atoms with Crippen LogP contribution in [-0.4, -0.2) is 23.8 Å². The number of ether oxygens (including phenoxy) is 2. The summed E-state index contributed by atoms with van der Waals surface area (Å²) >= 11 is 0. The highest BCUT2D eigenvalue weighted by Gasteiger charge is 2.19. The van der Waals surface area contributed by atoms with Crippen LogP contribution in [0.2, 0.25) is 0 Å². The summed E-state index contributed by atoms with van der Waals surface area (Å²) in [4.78, 5) is 21.8. The van der Waals surface area contributed by atoms with Crippen LogP contribution < -0.4 is 14.8 Å². The first-order valence-electron chi connectivity index (χ1n) is 5.94. The predicted molar refractivity (Wildman–Crippen MR) is 66.0 cm³/mol. The molecule has 0 spiro atoms. The second-order valence-electron chi connectivity index (χ2n) is 4.30. The lowest BCUT2D eigenvalue weighted by Gasteiger charge is -2.17. The van der Waals surface area contributed by atoms with Gasteiger partial charge >= 0.3 is 5.97 Å². The molecule has 1 aromatic carbocycles. The van der Waals surface area contributed by atoms with Crippen LogP contribution in [0, 0.1) is 0 Å². The minimum Gasteiger partial charge on any atom is -0.481 e. The first kappa shape index (κ1) is 13.2. The summed E-state index contributed by atoms with van der Waals surface area (Å²) in [5.74, 6) is 0.177. The Labute approximate surface area is 110 Å². The van der Waals surface area contributed by atoms with E-state index < -0.39 is 5.97 Å². The zero-order valence-electron chi connectivity index (χ0n) is 10.5. The van der Waals surface area contributed by atoms with Gasteiger partial charge in [-0.2, -0.15) is 0 Å². The molecule has 1 atom stereocenters. The van der Waals surface area contributed by atoms with E-state index in [9.17, 15) is 9.59 Å². The van der Waals surface area contributed by atoms with Crippen LogP contribution in [0.1, 0.15) is 31.4 Å². The summed E-state index contributed by atoms with van der Waals surface area (Å²) in [6, 6.07) is 4.98. The molecule has 0 saturated heterocycles. The van der Waals surface area contributed by atoms with E-state index in [1.54, 1.807) is 18.2 Å². The van der Waals surface area contributed by atoms with Gasteiger partial charge in [-0.1, -0.05) is 6.07 Å². The molecule has 6 nitrogen and oxygen atoms in total. The van der Waals surface area contributed by atoms with Crippen LogP contribution in [0.3, 0.4) is 0 Å². The number of carboxylic acid groups (broad SMARTS) is 1. The van der Waals surface area contributed by atoms with Gasteiger partial charge in [0.05, 0.1) is 6.04 Å². The van der Waals surface area contributed by atoms with E-state index in [0.717, 1.165) is 5.56 Å². The van der Waals surface area contributed by atoms with Gasteiger partial charge in [-0.05, 0) is 24.1 Å². The molecule has 1 unspecified atom stereocenters. The van der Waals surface area contributed by atoms with Gasteiger partial charge in [0.1, 0.15) is 0 Å². The third-order valence-corrected chi connectivity index (χ3v) is 2.82. The summed E-state index contributed by atoms with van der Waals surface area (Å²) in [6.45, 7) is 1.58. The van der Waals surface area contributed by atoms with E-state index in [0.29, 0.717) is 17.9 Å². The molecule has 0 radical (unpaired) electrons. The Bertz CT molecular complexity index is 500. The number of fused-ring (bicyclic) bond motifs is 1. The normalized spacial score (nSPS) is 13.9. The van der Waals surface area contributed by atoms with Crippen LogP contribution in [0.15, 0.2) is 18.2 Å².